The van der Waals surface area contributed by atoms with Crippen LogP contribution in [-0.2, 0) is 4.79 Å². The first-order valence-electron chi connectivity index (χ1n) is 4.95. The molecule has 0 radical (unpaired) electrons. The van der Waals surface area contributed by atoms with Gasteiger partial charge in [0.25, 0.3) is 0 Å². The van der Waals surface area contributed by atoms with Gasteiger partial charge < -0.3 is 15.3 Å². The van der Waals surface area contributed by atoms with Crippen LogP contribution in [0.15, 0.2) is 0 Å². The maximum absolute atomic E-state index is 11.4. The Morgan fingerprint density at radius 2 is 2.36 bits per heavy atom. The molecule has 5 heteroatoms. The fourth-order valence-electron chi connectivity index (χ4n) is 2.47. The Morgan fingerprint density at radius 3 is 3.07 bits per heavy atom. The number of hydrogen-bond acceptors (Lipinski definition) is 2. The molecule has 2 amide bonds. The third kappa shape index (κ3) is 1.54. The molecule has 2 aliphatic rings. The summed E-state index contributed by atoms with van der Waals surface area (Å²) in [4.78, 5) is 23.5. The molecule has 2 unspecified atom stereocenters. The van der Waals surface area contributed by atoms with Gasteiger partial charge in [-0.1, -0.05) is 6.42 Å². The number of carboxylic acids is 1. The molecule has 1 saturated carbocycles. The van der Waals surface area contributed by atoms with Crippen LogP contribution in [0.25, 0.3) is 0 Å². The Labute approximate surface area is 82.1 Å². The van der Waals surface area contributed by atoms with Gasteiger partial charge in [0.15, 0.2) is 0 Å². The maximum atomic E-state index is 11.4. The Hall–Kier alpha value is -1.26. The SMILES string of the molecule is O=C(O)CN1C(=O)NCC2CCCC21. The summed E-state index contributed by atoms with van der Waals surface area (Å²) < 4.78 is 0. The van der Waals surface area contributed by atoms with Gasteiger partial charge in [0.2, 0.25) is 0 Å². The molecule has 2 atom stereocenters. The standard InChI is InChI=1S/C9H14N2O3/c12-8(13)5-11-7-3-1-2-6(7)4-10-9(11)14/h6-7H,1-5H2,(H,10,14)(H,12,13). The first-order chi connectivity index (χ1) is 6.68. The normalized spacial score (nSPS) is 31.1. The van der Waals surface area contributed by atoms with E-state index >= 15 is 0 Å². The van der Waals surface area contributed by atoms with Crippen molar-refractivity contribution in [1.82, 2.24) is 10.2 Å². The zero-order chi connectivity index (χ0) is 10.1. The highest BCUT2D eigenvalue weighted by atomic mass is 16.4. The van der Waals surface area contributed by atoms with Crippen LogP contribution in [0.5, 0.6) is 0 Å². The topological polar surface area (TPSA) is 69.6 Å². The van der Waals surface area contributed by atoms with E-state index in [0.717, 1.165) is 19.3 Å². The first kappa shape index (κ1) is 9.30. The summed E-state index contributed by atoms with van der Waals surface area (Å²) in [6.07, 6.45) is 3.15. The molecule has 2 rings (SSSR count). The second-order valence-corrected chi connectivity index (χ2v) is 3.97. The maximum Gasteiger partial charge on any atom is 0.323 e. The van der Waals surface area contributed by atoms with Crippen molar-refractivity contribution in [3.63, 3.8) is 0 Å². The molecule has 0 spiro atoms. The highest BCUT2D eigenvalue weighted by Gasteiger charge is 2.39. The van der Waals surface area contributed by atoms with Gasteiger partial charge in [-0.25, -0.2) is 4.79 Å². The van der Waals surface area contributed by atoms with Crippen LogP contribution in [0.3, 0.4) is 0 Å². The number of nitrogens with one attached hydrogen (secondary N) is 1. The predicted octanol–water partition coefficient (Wildman–Crippen LogP) is 0.265. The van der Waals surface area contributed by atoms with Crippen molar-refractivity contribution in [2.24, 2.45) is 5.92 Å². The number of urea groups is 1. The van der Waals surface area contributed by atoms with Crippen molar-refractivity contribution in [2.75, 3.05) is 13.1 Å². The number of hydrogen-bond donors (Lipinski definition) is 2. The summed E-state index contributed by atoms with van der Waals surface area (Å²) >= 11 is 0. The highest BCUT2D eigenvalue weighted by Crippen LogP contribution is 2.31. The van der Waals surface area contributed by atoms with E-state index in [1.807, 2.05) is 0 Å². The minimum Gasteiger partial charge on any atom is -0.480 e. The zero-order valence-electron chi connectivity index (χ0n) is 7.90. The number of amides is 2. The molecule has 1 heterocycles. The van der Waals surface area contributed by atoms with Gasteiger partial charge in [-0.2, -0.15) is 0 Å². The third-order valence-electron chi connectivity index (χ3n) is 3.10. The fraction of sp³-hybridized carbons (Fsp3) is 0.778. The molecular formula is C9H14N2O3. The van der Waals surface area contributed by atoms with Crippen molar-refractivity contribution in [2.45, 2.75) is 25.3 Å². The van der Waals surface area contributed by atoms with Crippen LogP contribution in [-0.4, -0.2) is 41.1 Å². The summed E-state index contributed by atoms with van der Waals surface area (Å²) in [6, 6.07) is -0.0737. The van der Waals surface area contributed by atoms with E-state index in [0.29, 0.717) is 12.5 Å². The minimum atomic E-state index is -0.937. The number of carbonyl (C=O) groups is 2. The number of fused-ring (bicyclic) bond motifs is 1. The molecule has 1 saturated heterocycles. The van der Waals surface area contributed by atoms with E-state index in [1.165, 1.54) is 4.90 Å². The molecule has 1 aliphatic carbocycles. The van der Waals surface area contributed by atoms with Crippen LogP contribution >= 0.6 is 0 Å². The lowest BCUT2D eigenvalue weighted by atomic mass is 10.0. The molecule has 78 valence electrons. The molecule has 5 nitrogen and oxygen atoms in total. The van der Waals surface area contributed by atoms with Crippen LogP contribution in [0.4, 0.5) is 4.79 Å². The van der Waals surface area contributed by atoms with Gasteiger partial charge in [0.1, 0.15) is 6.54 Å². The molecule has 14 heavy (non-hydrogen) atoms. The second-order valence-electron chi connectivity index (χ2n) is 3.97. The van der Waals surface area contributed by atoms with Gasteiger partial charge in [0, 0.05) is 12.6 Å². The molecule has 0 aromatic carbocycles. The molecule has 1 aliphatic heterocycles. The monoisotopic (exact) mass is 198 g/mol. The summed E-state index contributed by atoms with van der Waals surface area (Å²) in [5, 5.41) is 11.4. The summed E-state index contributed by atoms with van der Waals surface area (Å²) in [6.45, 7) is 0.534. The second kappa shape index (κ2) is 3.48. The molecule has 2 N–H and O–H groups in total. The van der Waals surface area contributed by atoms with E-state index in [1.54, 1.807) is 0 Å². The van der Waals surface area contributed by atoms with Crippen molar-refractivity contribution in [3.05, 3.63) is 0 Å². The number of carboxylic acid groups (broad SMARTS) is 1. The fourth-order valence-corrected chi connectivity index (χ4v) is 2.47. The van der Waals surface area contributed by atoms with Crippen molar-refractivity contribution in [3.8, 4) is 0 Å². The lowest BCUT2D eigenvalue weighted by Crippen LogP contribution is -2.56. The van der Waals surface area contributed by atoms with E-state index in [4.69, 9.17) is 5.11 Å². The quantitative estimate of drug-likeness (QED) is 0.669. The minimum absolute atomic E-state index is 0.153. The van der Waals surface area contributed by atoms with Gasteiger partial charge in [-0.3, -0.25) is 4.79 Å². The molecule has 0 aromatic rings. The highest BCUT2D eigenvalue weighted by molar-refractivity contribution is 5.81. The van der Waals surface area contributed by atoms with E-state index < -0.39 is 5.97 Å². The molecular weight excluding hydrogens is 184 g/mol. The third-order valence-corrected chi connectivity index (χ3v) is 3.10. The van der Waals surface area contributed by atoms with Crippen LogP contribution in [0.2, 0.25) is 0 Å². The van der Waals surface area contributed by atoms with Gasteiger partial charge >= 0.3 is 12.0 Å². The molecule has 0 aromatic heterocycles. The van der Waals surface area contributed by atoms with Gasteiger partial charge in [0.05, 0.1) is 0 Å². The largest absolute Gasteiger partial charge is 0.480 e. The number of carbonyl (C=O) groups excluding carboxylic acids is 1. The molecule has 2 fully saturated rings. The number of nitrogens with zero attached hydrogens (tertiary/aromatic N) is 1. The Bertz CT molecular complexity index is 267. The first-order valence-corrected chi connectivity index (χ1v) is 4.95. The van der Waals surface area contributed by atoms with E-state index in [9.17, 15) is 9.59 Å². The molecule has 0 bridgehead atoms. The van der Waals surface area contributed by atoms with Crippen molar-refractivity contribution in [1.29, 1.82) is 0 Å². The summed E-state index contributed by atoms with van der Waals surface area (Å²) in [5.74, 6) is -0.486. The smallest absolute Gasteiger partial charge is 0.323 e. The van der Waals surface area contributed by atoms with Crippen LogP contribution in [0.1, 0.15) is 19.3 Å². The Morgan fingerprint density at radius 1 is 1.57 bits per heavy atom. The summed E-state index contributed by atoms with van der Waals surface area (Å²) in [7, 11) is 0. The zero-order valence-corrected chi connectivity index (χ0v) is 7.90. The van der Waals surface area contributed by atoms with E-state index in [-0.39, 0.29) is 18.6 Å². The predicted molar refractivity (Wildman–Crippen MR) is 48.9 cm³/mol. The average Bonchev–Trinajstić information content (AvgIpc) is 2.57. The van der Waals surface area contributed by atoms with Gasteiger partial charge in [-0.15, -0.1) is 0 Å². The Balaban J connectivity index is 2.09. The lowest BCUT2D eigenvalue weighted by Gasteiger charge is -2.36. The Kier molecular flexibility index (Phi) is 2.31. The van der Waals surface area contributed by atoms with Crippen LogP contribution < -0.4 is 5.32 Å². The number of rotatable bonds is 2. The van der Waals surface area contributed by atoms with Crippen LogP contribution in [0, 0.1) is 5.92 Å². The number of aliphatic carboxylic acids is 1. The van der Waals surface area contributed by atoms with Crippen molar-refractivity contribution >= 4 is 12.0 Å². The summed E-state index contributed by atoms with van der Waals surface area (Å²) in [5.41, 5.74) is 0. The van der Waals surface area contributed by atoms with Gasteiger partial charge in [-0.05, 0) is 18.8 Å². The van der Waals surface area contributed by atoms with E-state index in [2.05, 4.69) is 5.32 Å². The van der Waals surface area contributed by atoms with Crippen molar-refractivity contribution < 1.29 is 14.7 Å². The average molecular weight is 198 g/mol. The lowest BCUT2D eigenvalue weighted by molar-refractivity contribution is -0.138.